The van der Waals surface area contributed by atoms with Gasteiger partial charge in [0.05, 0.1) is 19.8 Å². The van der Waals surface area contributed by atoms with E-state index in [2.05, 4.69) is 0 Å². The average Bonchev–Trinajstić information content (AvgIpc) is 2.70. The third kappa shape index (κ3) is 5.62. The van der Waals surface area contributed by atoms with Crippen molar-refractivity contribution in [2.75, 3.05) is 0 Å². The van der Waals surface area contributed by atoms with Gasteiger partial charge in [0.25, 0.3) is 20.2 Å². The molecule has 8 nitrogen and oxygen atoms in total. The van der Waals surface area contributed by atoms with Gasteiger partial charge in [-0.05, 0) is 42.5 Å². The van der Waals surface area contributed by atoms with Crippen LogP contribution < -0.4 is 14.0 Å². The second-order valence-electron chi connectivity index (χ2n) is 6.65. The van der Waals surface area contributed by atoms with E-state index in [0.29, 0.717) is 16.0 Å². The lowest BCUT2D eigenvalue weighted by Crippen LogP contribution is -2.56. The van der Waals surface area contributed by atoms with Gasteiger partial charge in [-0.25, -0.2) is 0 Å². The van der Waals surface area contributed by atoms with Crippen molar-refractivity contribution >= 4 is 57.2 Å². The Morgan fingerprint density at radius 3 is 1.72 bits per heavy atom. The van der Waals surface area contributed by atoms with E-state index in [1.54, 1.807) is 30.8 Å². The van der Waals surface area contributed by atoms with Crippen molar-refractivity contribution in [3.05, 3.63) is 76.8 Å². The second-order valence-corrected chi connectivity index (χ2v) is 13.2. The summed E-state index contributed by atoms with van der Waals surface area (Å²) in [6.07, 6.45) is 0. The largest absolute Gasteiger partial charge is 0.508 e. The number of hydrogen-bond acceptors (Lipinski definition) is 6. The molecule has 0 aromatic heterocycles. The molecule has 0 aliphatic heterocycles. The minimum Gasteiger partial charge on any atom is -0.508 e. The lowest BCUT2D eigenvalue weighted by molar-refractivity contribution is 0.408. The zero-order chi connectivity index (χ0) is 23.7. The van der Waals surface area contributed by atoms with E-state index in [0.717, 1.165) is 12.1 Å². The minimum atomic E-state index is -4.47. The Morgan fingerprint density at radius 1 is 0.719 bits per heavy atom. The molecule has 3 rings (SSSR count). The average molecular weight is 535 g/mol. The van der Waals surface area contributed by atoms with Crippen molar-refractivity contribution < 1.29 is 34.8 Å². The fourth-order valence-electron chi connectivity index (χ4n) is 2.74. The Morgan fingerprint density at radius 2 is 1.22 bits per heavy atom. The first-order chi connectivity index (χ1) is 14.8. The topological polar surface area (TPSA) is 127 Å². The molecule has 170 valence electrons. The molecule has 0 amide bonds. The zero-order valence-electron chi connectivity index (χ0n) is 16.3. The van der Waals surface area contributed by atoms with Crippen LogP contribution in [0.2, 0.25) is 16.6 Å². The maximum absolute atomic E-state index is 11.4. The Balaban J connectivity index is 2.08. The van der Waals surface area contributed by atoms with Crippen LogP contribution >= 0.6 is 23.2 Å². The van der Waals surface area contributed by atoms with Gasteiger partial charge >= 0.3 is 8.56 Å². The van der Waals surface area contributed by atoms with Crippen LogP contribution in [0.25, 0.3) is 0 Å². The summed E-state index contributed by atoms with van der Waals surface area (Å²) in [5.41, 5.74) is 0. The van der Waals surface area contributed by atoms with Crippen molar-refractivity contribution in [1.29, 1.82) is 0 Å². The van der Waals surface area contributed by atoms with Crippen LogP contribution in [0.4, 0.5) is 0 Å². The van der Waals surface area contributed by atoms with Crippen LogP contribution in [0.15, 0.2) is 76.5 Å². The fraction of sp³-hybridized carbons (Fsp3) is 0.0526. The van der Waals surface area contributed by atoms with E-state index in [1.165, 1.54) is 30.3 Å². The highest BCUT2D eigenvalue weighted by Crippen LogP contribution is 2.32. The molecule has 0 heterocycles. The molecule has 0 saturated heterocycles. The van der Waals surface area contributed by atoms with Crippen LogP contribution in [0, 0.1) is 0 Å². The smallest absolute Gasteiger partial charge is 0.492 e. The van der Waals surface area contributed by atoms with E-state index < -0.39 is 33.7 Å². The summed E-state index contributed by atoms with van der Waals surface area (Å²) in [7, 11) is -12.3. The van der Waals surface area contributed by atoms with E-state index in [1.807, 2.05) is 0 Å². The Labute approximate surface area is 196 Å². The molecule has 13 heteroatoms. The first kappa shape index (κ1) is 24.5. The molecule has 0 bridgehead atoms. The lowest BCUT2D eigenvalue weighted by atomic mass is 10.3. The van der Waals surface area contributed by atoms with Crippen molar-refractivity contribution in [3.63, 3.8) is 0 Å². The molecular formula is C19H16Cl2O8S2Si. The molecule has 0 aliphatic rings. The highest BCUT2D eigenvalue weighted by atomic mass is 35.5. The zero-order valence-corrected chi connectivity index (χ0v) is 20.4. The van der Waals surface area contributed by atoms with Crippen LogP contribution in [0.1, 0.15) is 0 Å². The quantitative estimate of drug-likeness (QED) is 0.344. The number of halogens is 2. The molecule has 0 aliphatic carbocycles. The molecular weight excluding hydrogens is 519 g/mol. The molecule has 32 heavy (non-hydrogen) atoms. The Kier molecular flexibility index (Phi) is 6.91. The summed E-state index contributed by atoms with van der Waals surface area (Å²) in [4.78, 5) is -0.728. The summed E-state index contributed by atoms with van der Waals surface area (Å²) >= 11 is 12.4. The monoisotopic (exact) mass is 534 g/mol. The van der Waals surface area contributed by atoms with Crippen molar-refractivity contribution in [1.82, 2.24) is 0 Å². The van der Waals surface area contributed by atoms with E-state index >= 15 is 0 Å². The molecule has 0 radical (unpaired) electrons. The SMILES string of the molecule is C[Si](Oc1ccccc1Cl)(Oc1ccc(S(=O)(=O)O)cc1Cl)c1ccc(S(=O)(=O)O)cc1. The maximum Gasteiger partial charge on any atom is 0.492 e. The summed E-state index contributed by atoms with van der Waals surface area (Å²) in [6, 6.07) is 15.3. The lowest BCUT2D eigenvalue weighted by Gasteiger charge is -2.29. The fourth-order valence-corrected chi connectivity index (χ4v) is 6.56. The molecule has 1 atom stereocenters. The van der Waals surface area contributed by atoms with Crippen LogP contribution in [0.3, 0.4) is 0 Å². The number of para-hydroxylation sites is 1. The van der Waals surface area contributed by atoms with Crippen molar-refractivity contribution in [3.8, 4) is 11.5 Å². The summed E-state index contributed by atoms with van der Waals surface area (Å²) in [5.74, 6) is 0.368. The van der Waals surface area contributed by atoms with E-state index in [9.17, 15) is 25.9 Å². The van der Waals surface area contributed by atoms with Gasteiger partial charge in [0, 0.05) is 11.7 Å². The van der Waals surface area contributed by atoms with Gasteiger partial charge in [-0.2, -0.15) is 16.8 Å². The predicted molar refractivity (Wildman–Crippen MR) is 121 cm³/mol. The number of rotatable bonds is 7. The number of hydrogen-bond donors (Lipinski definition) is 2. The van der Waals surface area contributed by atoms with Gasteiger partial charge < -0.3 is 8.85 Å². The van der Waals surface area contributed by atoms with Crippen LogP contribution in [-0.4, -0.2) is 34.5 Å². The first-order valence-corrected chi connectivity index (χ1v) is 14.7. The third-order valence-corrected chi connectivity index (χ3v) is 9.25. The van der Waals surface area contributed by atoms with Crippen LogP contribution in [0.5, 0.6) is 11.5 Å². The second kappa shape index (κ2) is 9.02. The van der Waals surface area contributed by atoms with Crippen molar-refractivity contribution in [2.45, 2.75) is 16.3 Å². The van der Waals surface area contributed by atoms with Gasteiger partial charge in [0.1, 0.15) is 11.5 Å². The van der Waals surface area contributed by atoms with E-state index in [-0.39, 0.29) is 15.7 Å². The molecule has 2 N–H and O–H groups in total. The highest BCUT2D eigenvalue weighted by Gasteiger charge is 2.40. The molecule has 3 aromatic carbocycles. The van der Waals surface area contributed by atoms with Crippen LogP contribution in [-0.2, 0) is 20.2 Å². The van der Waals surface area contributed by atoms with E-state index in [4.69, 9.17) is 32.1 Å². The summed E-state index contributed by atoms with van der Waals surface area (Å²) in [6.45, 7) is 1.64. The Bertz CT molecular complexity index is 1360. The highest BCUT2D eigenvalue weighted by molar-refractivity contribution is 7.86. The van der Waals surface area contributed by atoms with Gasteiger partial charge in [-0.15, -0.1) is 0 Å². The predicted octanol–water partition coefficient (Wildman–Crippen LogP) is 3.92. The molecule has 0 fully saturated rings. The standard InChI is InChI=1S/C19H16Cl2O8S2Si/c1-32(28-18-5-3-2-4-16(18)20,15-9-6-13(7-10-15)30(22,23)24)29-19-11-8-14(12-17(19)21)31(25,26)27/h2-12H,1H3,(H,22,23,24)(H,25,26,27). The normalized spacial score (nSPS) is 13.9. The number of benzene rings is 3. The van der Waals surface area contributed by atoms with Gasteiger partial charge in [0.2, 0.25) is 0 Å². The van der Waals surface area contributed by atoms with Gasteiger partial charge in [-0.1, -0.05) is 47.5 Å². The Hall–Kier alpha value is -2.12. The third-order valence-electron chi connectivity index (χ3n) is 4.32. The minimum absolute atomic E-state index is 0.0687. The maximum atomic E-state index is 11.4. The molecule has 0 saturated carbocycles. The van der Waals surface area contributed by atoms with Crippen molar-refractivity contribution in [2.24, 2.45) is 0 Å². The summed E-state index contributed by atoms with van der Waals surface area (Å²) in [5, 5.41) is 0.660. The first-order valence-electron chi connectivity index (χ1n) is 8.77. The molecule has 3 aromatic rings. The van der Waals surface area contributed by atoms with Gasteiger partial charge in [0.15, 0.2) is 0 Å². The molecule has 1 unspecified atom stereocenters. The van der Waals surface area contributed by atoms with Gasteiger partial charge in [-0.3, -0.25) is 9.11 Å². The molecule has 0 spiro atoms. The summed E-state index contributed by atoms with van der Waals surface area (Å²) < 4.78 is 76.2.